The van der Waals surface area contributed by atoms with Gasteiger partial charge in [0.05, 0.1) is 12.7 Å². The second-order valence-corrected chi connectivity index (χ2v) is 9.05. The first-order valence-corrected chi connectivity index (χ1v) is 11.9. The number of rotatable bonds is 1. The molecule has 1 aliphatic heterocycles. The van der Waals surface area contributed by atoms with Crippen molar-refractivity contribution in [2.45, 2.75) is 25.9 Å². The first-order chi connectivity index (χ1) is 17.6. The number of nitrogens with zero attached hydrogens (tertiary/aromatic N) is 5. The maximum Gasteiger partial charge on any atom is 0.204 e. The molecule has 0 fully saturated rings. The monoisotopic (exact) mass is 478 g/mol. The van der Waals surface area contributed by atoms with Gasteiger partial charge in [-0.05, 0) is 60.4 Å². The number of aromatic nitrogens is 6. The minimum absolute atomic E-state index is 0.245. The molecule has 2 aromatic carbocycles. The van der Waals surface area contributed by atoms with Crippen molar-refractivity contribution in [3.05, 3.63) is 95.3 Å². The normalized spacial score (nSPS) is 17.7. The highest BCUT2D eigenvalue weighted by atomic mass is 16.5. The van der Waals surface area contributed by atoms with E-state index in [1.165, 1.54) is 5.56 Å². The van der Waals surface area contributed by atoms with E-state index in [1.807, 2.05) is 47.4 Å². The Morgan fingerprint density at radius 3 is 2.69 bits per heavy atom. The van der Waals surface area contributed by atoms with Crippen molar-refractivity contribution < 1.29 is 4.74 Å². The Hall–Kier alpha value is -4.50. The van der Waals surface area contributed by atoms with Gasteiger partial charge in [-0.2, -0.15) is 15.4 Å². The summed E-state index contributed by atoms with van der Waals surface area (Å²) in [7, 11) is 0. The van der Waals surface area contributed by atoms with Crippen LogP contribution in [0, 0.1) is 0 Å². The summed E-state index contributed by atoms with van der Waals surface area (Å²) in [6.07, 6.45) is 6.92. The van der Waals surface area contributed by atoms with E-state index in [0.29, 0.717) is 30.1 Å². The fraction of sp³-hybridized carbons (Fsp3) is 0.185. The van der Waals surface area contributed by atoms with Gasteiger partial charge in [-0.3, -0.25) is 4.68 Å². The summed E-state index contributed by atoms with van der Waals surface area (Å²) in [5, 5.41) is 19.4. The van der Waals surface area contributed by atoms with Crippen LogP contribution in [-0.2, 0) is 13.0 Å². The second-order valence-electron chi connectivity index (χ2n) is 9.05. The predicted octanol–water partition coefficient (Wildman–Crippen LogP) is 3.94. The zero-order chi connectivity index (χ0) is 24.5. The van der Waals surface area contributed by atoms with Crippen LogP contribution in [0.4, 0.5) is 5.82 Å². The Bertz CT molecular complexity index is 1570. The van der Waals surface area contributed by atoms with Crippen LogP contribution in [0.2, 0.25) is 0 Å². The minimum Gasteiger partial charge on any atom is -0.457 e. The van der Waals surface area contributed by atoms with Crippen molar-refractivity contribution in [3.63, 3.8) is 0 Å². The Kier molecular flexibility index (Phi) is 5.67. The van der Waals surface area contributed by atoms with E-state index in [2.05, 4.69) is 68.1 Å². The van der Waals surface area contributed by atoms with Crippen LogP contribution in [0.1, 0.15) is 29.2 Å². The highest BCUT2D eigenvalue weighted by Crippen LogP contribution is 2.29. The summed E-state index contributed by atoms with van der Waals surface area (Å²) < 4.78 is 8.10. The molecule has 3 aromatic heterocycles. The lowest BCUT2D eigenvalue weighted by Gasteiger charge is -2.15. The molecule has 0 spiro atoms. The van der Waals surface area contributed by atoms with Gasteiger partial charge in [0.2, 0.25) is 5.65 Å². The molecule has 9 heteroatoms. The lowest BCUT2D eigenvalue weighted by atomic mass is 9.99. The van der Waals surface area contributed by atoms with Crippen LogP contribution in [0.3, 0.4) is 0 Å². The zero-order valence-corrected chi connectivity index (χ0v) is 19.8. The molecule has 0 saturated heterocycles. The van der Waals surface area contributed by atoms with E-state index >= 15 is 0 Å². The van der Waals surface area contributed by atoms with Crippen molar-refractivity contribution in [3.8, 4) is 11.5 Å². The average molecular weight is 479 g/mol. The number of benzene rings is 2. The fourth-order valence-corrected chi connectivity index (χ4v) is 4.59. The number of aromatic amines is 1. The Labute approximate surface area is 208 Å². The molecule has 5 aromatic rings. The van der Waals surface area contributed by atoms with Crippen molar-refractivity contribution in [1.29, 1.82) is 0 Å². The van der Waals surface area contributed by atoms with Crippen LogP contribution < -0.4 is 15.8 Å². The van der Waals surface area contributed by atoms with Crippen LogP contribution in [0.25, 0.3) is 16.7 Å². The van der Waals surface area contributed by atoms with Crippen LogP contribution in [-0.4, -0.2) is 42.8 Å². The van der Waals surface area contributed by atoms with Gasteiger partial charge in [-0.1, -0.05) is 30.3 Å². The molecule has 180 valence electrons. The summed E-state index contributed by atoms with van der Waals surface area (Å²) in [4.78, 5) is 4.30. The van der Waals surface area contributed by atoms with Crippen molar-refractivity contribution in [1.82, 2.24) is 35.5 Å². The number of pyridine rings is 1. The van der Waals surface area contributed by atoms with E-state index in [-0.39, 0.29) is 6.04 Å². The van der Waals surface area contributed by atoms with Gasteiger partial charge in [-0.25, -0.2) is 4.98 Å². The largest absolute Gasteiger partial charge is 0.457 e. The quantitative estimate of drug-likeness (QED) is 0.334. The minimum atomic E-state index is 0.245. The van der Waals surface area contributed by atoms with Gasteiger partial charge in [0.1, 0.15) is 22.8 Å². The van der Waals surface area contributed by atoms with E-state index in [1.54, 1.807) is 0 Å². The molecule has 4 heterocycles. The SMILES string of the molecule is C[C@H]1Cc2cccc(c2)Oc2cccc(c2)Cn2cc(cn2)/C(c2cc(N)nc3n[nH]nc23)=C\CN1. The molecule has 0 unspecified atom stereocenters. The molecular formula is C27H26N8O. The van der Waals surface area contributed by atoms with Crippen LogP contribution in [0.5, 0.6) is 11.5 Å². The molecule has 6 bridgehead atoms. The van der Waals surface area contributed by atoms with E-state index < -0.39 is 0 Å². The first-order valence-electron chi connectivity index (χ1n) is 11.9. The molecule has 0 amide bonds. The molecule has 36 heavy (non-hydrogen) atoms. The summed E-state index contributed by atoms with van der Waals surface area (Å²) in [5.74, 6) is 2.02. The third kappa shape index (κ3) is 4.56. The standard InChI is InChI=1S/C27H26N8O/c1-17-10-18-4-2-6-21(11-18)36-22-7-3-5-19(12-22)15-35-16-20(14-30-35)23(8-9-29-17)24-13-25(28)31-27-26(24)32-34-33-27/h2-8,11-14,16-17,29H,9-10,15H2,1H3,(H3,28,31,32,33,34)/b23-8+/t17-/m0/s1. The topological polar surface area (TPSA) is 120 Å². The summed E-state index contributed by atoms with van der Waals surface area (Å²) in [6, 6.07) is 18.4. The maximum atomic E-state index is 6.18. The molecule has 0 radical (unpaired) electrons. The van der Waals surface area contributed by atoms with Crippen molar-refractivity contribution in [2.24, 2.45) is 0 Å². The van der Waals surface area contributed by atoms with Crippen molar-refractivity contribution >= 4 is 22.6 Å². The average Bonchev–Trinajstić information content (AvgIpc) is 3.51. The van der Waals surface area contributed by atoms with Crippen LogP contribution >= 0.6 is 0 Å². The van der Waals surface area contributed by atoms with Crippen LogP contribution in [0.15, 0.2) is 73.1 Å². The fourth-order valence-electron chi connectivity index (χ4n) is 4.59. The number of nitrogen functional groups attached to an aromatic ring is 1. The Morgan fingerprint density at radius 1 is 1.03 bits per heavy atom. The number of nitrogens with one attached hydrogen (secondary N) is 2. The third-order valence-corrected chi connectivity index (χ3v) is 6.24. The van der Waals surface area contributed by atoms with E-state index in [0.717, 1.165) is 40.2 Å². The molecule has 4 N–H and O–H groups in total. The highest BCUT2D eigenvalue weighted by Gasteiger charge is 2.16. The van der Waals surface area contributed by atoms with Gasteiger partial charge in [0.25, 0.3) is 0 Å². The van der Waals surface area contributed by atoms with Gasteiger partial charge < -0.3 is 15.8 Å². The summed E-state index contributed by atoms with van der Waals surface area (Å²) in [6.45, 7) is 3.44. The number of H-pyrrole nitrogens is 1. The molecule has 9 nitrogen and oxygen atoms in total. The smallest absolute Gasteiger partial charge is 0.204 e. The maximum absolute atomic E-state index is 6.18. The number of fused-ring (bicyclic) bond motifs is 7. The molecule has 1 aliphatic rings. The molecule has 0 aliphatic carbocycles. The number of hydrogen-bond acceptors (Lipinski definition) is 7. The van der Waals surface area contributed by atoms with E-state index in [4.69, 9.17) is 10.5 Å². The molecule has 6 rings (SSSR count). The Morgan fingerprint density at radius 2 is 1.83 bits per heavy atom. The zero-order valence-electron chi connectivity index (χ0n) is 19.8. The molecule has 0 saturated carbocycles. The van der Waals surface area contributed by atoms with Gasteiger partial charge >= 0.3 is 0 Å². The number of anilines is 1. The third-order valence-electron chi connectivity index (χ3n) is 6.24. The lowest BCUT2D eigenvalue weighted by molar-refractivity contribution is 0.480. The highest BCUT2D eigenvalue weighted by molar-refractivity contribution is 5.93. The Balaban J connectivity index is 1.44. The number of hydrogen-bond donors (Lipinski definition) is 3. The second kappa shape index (κ2) is 9.27. The van der Waals surface area contributed by atoms with Gasteiger partial charge in [0, 0.05) is 29.9 Å². The summed E-state index contributed by atoms with van der Waals surface area (Å²) in [5.41, 5.74) is 12.4. The predicted molar refractivity (Wildman–Crippen MR) is 139 cm³/mol. The molecular weight excluding hydrogens is 452 g/mol. The number of ether oxygens (including phenoxy) is 1. The summed E-state index contributed by atoms with van der Waals surface area (Å²) >= 11 is 0. The van der Waals surface area contributed by atoms with Gasteiger partial charge in [-0.15, -0.1) is 5.10 Å². The van der Waals surface area contributed by atoms with Gasteiger partial charge in [0.15, 0.2) is 0 Å². The number of nitrogens with two attached hydrogens (primary N) is 1. The van der Waals surface area contributed by atoms with Crippen molar-refractivity contribution in [2.75, 3.05) is 12.3 Å². The van der Waals surface area contributed by atoms with E-state index in [9.17, 15) is 0 Å². The lowest BCUT2D eigenvalue weighted by Crippen LogP contribution is -2.28. The molecule has 1 atom stereocenters. The first kappa shape index (κ1) is 22.0.